The van der Waals surface area contributed by atoms with Gasteiger partial charge < -0.3 is 109 Å². The number of hydrogen-bond acceptors (Lipinski definition) is 18. The predicted octanol–water partition coefficient (Wildman–Crippen LogP) is -20.3. The molecule has 302 valence electrons. The van der Waals surface area contributed by atoms with Gasteiger partial charge in [-0.05, 0) is 41.5 Å². The molecule has 0 aliphatic heterocycles. The summed E-state index contributed by atoms with van der Waals surface area (Å²) >= 11 is 0. The molecule has 0 heterocycles. The minimum atomic E-state index is -3.67. The van der Waals surface area contributed by atoms with Crippen molar-refractivity contribution in [3.63, 3.8) is 0 Å². The Morgan fingerprint density at radius 1 is 0.385 bits per heavy atom. The Morgan fingerprint density at radius 3 is 0.481 bits per heavy atom. The molecule has 0 rings (SSSR count). The summed E-state index contributed by atoms with van der Waals surface area (Å²) in [6, 6.07) is 0. The van der Waals surface area contributed by atoms with Gasteiger partial charge in [0.15, 0.2) is 0 Å². The summed E-state index contributed by atoms with van der Waals surface area (Å²) in [4.78, 5) is 114. The van der Waals surface area contributed by atoms with E-state index in [4.69, 9.17) is 14.7 Å². The largest absolute Gasteiger partial charge is 1.00 e. The van der Waals surface area contributed by atoms with Crippen molar-refractivity contribution in [3.8, 4) is 0 Å². The topological polar surface area (TPSA) is 433 Å². The van der Waals surface area contributed by atoms with Crippen LogP contribution in [0.4, 0.5) is 0 Å². The molecule has 33 heteroatoms. The average Bonchev–Trinajstić information content (AvgIpc) is 2.64. The van der Waals surface area contributed by atoms with Crippen molar-refractivity contribution in [2.45, 2.75) is 49.0 Å². The van der Waals surface area contributed by atoms with Crippen molar-refractivity contribution in [1.29, 1.82) is 0 Å². The normalized spacial score (nSPS) is 12.3. The van der Waals surface area contributed by atoms with E-state index in [1.165, 1.54) is 0 Å². The van der Waals surface area contributed by atoms with Crippen molar-refractivity contribution in [2.75, 3.05) is 39.6 Å². The molecular formula is C19H64K3N3Na3O18P6-3. The molecule has 0 aliphatic rings. The molecule has 0 radical (unpaired) electrons. The zero-order chi connectivity index (χ0) is 35.5. The van der Waals surface area contributed by atoms with Crippen LogP contribution in [0.3, 0.4) is 0 Å². The zero-order valence-corrected chi connectivity index (χ0v) is 54.4. The predicted molar refractivity (Wildman–Crippen MR) is 189 cm³/mol. The van der Waals surface area contributed by atoms with E-state index in [1.807, 2.05) is 0 Å². The molecule has 3 unspecified atom stereocenters. The fourth-order valence-electron chi connectivity index (χ4n) is 1.20. The Hall–Kier alpha value is 8.87. The summed E-state index contributed by atoms with van der Waals surface area (Å²) < 4.78 is 25.0. The summed E-state index contributed by atoms with van der Waals surface area (Å²) in [6.45, 7) is 10.9. The minimum Gasteiger partial charge on any atom is -1.00 e. The Balaban J connectivity index is -0.0000000159. The molecule has 0 bridgehead atoms. The molecule has 15 N–H and O–H groups in total. The van der Waals surface area contributed by atoms with Crippen LogP contribution in [0, 0.1) is 0 Å². The van der Waals surface area contributed by atoms with E-state index in [-0.39, 0.29) is 313 Å². The van der Waals surface area contributed by atoms with E-state index in [0.29, 0.717) is 0 Å². The second-order valence-corrected chi connectivity index (χ2v) is 15.3. The van der Waals surface area contributed by atoms with E-state index >= 15 is 0 Å². The summed E-state index contributed by atoms with van der Waals surface area (Å²) in [5.74, 6) is 0. The van der Waals surface area contributed by atoms with Crippen molar-refractivity contribution in [1.82, 2.24) is 18.5 Å². The van der Waals surface area contributed by atoms with Gasteiger partial charge >= 0.3 is 243 Å². The molecule has 0 aromatic heterocycles. The van der Waals surface area contributed by atoms with E-state index in [1.54, 1.807) is 41.5 Å². The molecule has 0 aliphatic carbocycles. The molecular weight excluding hydrogens is 930 g/mol. The van der Waals surface area contributed by atoms with Gasteiger partial charge in [0.05, 0.1) is 0 Å². The van der Waals surface area contributed by atoms with Crippen LogP contribution < -0.4 is 305 Å². The second kappa shape index (κ2) is 64.2. The first kappa shape index (κ1) is 108. The minimum absolute atomic E-state index is 0. The molecule has 0 saturated carbocycles. The summed E-state index contributed by atoms with van der Waals surface area (Å²) in [7, 11) is -21.2. The van der Waals surface area contributed by atoms with E-state index < -0.39 is 45.4 Å². The Bertz CT molecular complexity index is 758. The molecule has 0 fully saturated rings. The van der Waals surface area contributed by atoms with Gasteiger partial charge in [0.1, 0.15) is 0 Å². The number of rotatable bonds is 12. The van der Waals surface area contributed by atoms with Crippen LogP contribution in [0.15, 0.2) is 0 Å². The molecule has 0 aromatic carbocycles. The Labute approximate surface area is 512 Å². The van der Waals surface area contributed by atoms with Gasteiger partial charge in [0.25, 0.3) is 0 Å². The van der Waals surface area contributed by atoms with E-state index in [2.05, 4.69) is 64.9 Å². The molecule has 3 atom stereocenters. The molecule has 21 nitrogen and oxygen atoms in total. The summed E-state index contributed by atoms with van der Waals surface area (Å²) in [5.41, 5.74) is 0. The second-order valence-electron chi connectivity index (χ2n) is 6.25. The van der Waals surface area contributed by atoms with Crippen molar-refractivity contribution < 1.29 is 333 Å². The monoisotopic (exact) mass is 994 g/mol. The van der Waals surface area contributed by atoms with Crippen molar-refractivity contribution in [2.24, 2.45) is 0 Å². The third kappa shape index (κ3) is 182. The number of hydrogen-bond donors (Lipinski definition) is 6. The van der Waals surface area contributed by atoms with Crippen molar-refractivity contribution in [3.05, 3.63) is 0 Å². The van der Waals surface area contributed by atoms with Crippen molar-refractivity contribution >= 4 is 83.2 Å². The van der Waals surface area contributed by atoms with Crippen LogP contribution in [0.2, 0.25) is 0 Å². The fourth-order valence-corrected chi connectivity index (χ4v) is 3.59. The van der Waals surface area contributed by atoms with Gasteiger partial charge in [-0.15, -0.1) is 18.9 Å². The maximum atomic E-state index is 10.0. The van der Waals surface area contributed by atoms with Gasteiger partial charge in [0, 0.05) is 62.3 Å². The van der Waals surface area contributed by atoms with E-state index in [9.17, 15) is 44.0 Å². The van der Waals surface area contributed by atoms with Gasteiger partial charge in [-0.2, -0.15) is 22.7 Å². The molecule has 0 saturated heterocycles. The molecule has 52 heavy (non-hydrogen) atoms. The first-order chi connectivity index (χ1) is 18.4. The summed E-state index contributed by atoms with van der Waals surface area (Å²) in [6.07, 6.45) is 16.8. The molecule has 0 aromatic rings. The Morgan fingerprint density at radius 2 is 0.481 bits per heavy atom. The molecule has 0 amide bonds. The SMILES string of the molecule is C.C=P([O-])(O)OCC.C=P([O-])(O)OCC.C=P([O-])(O)OCC.C=P([O-])([O-])OCC.C=P([O-])([O-])OCC.C=P([O-])([O-])OCC.[H-].[H-].[H-].[K+].[K+].[K+].[NH4+].[NH4+].[NH4+].[Na+].[Na+].[Na+]. The first-order valence-corrected chi connectivity index (χ1v) is 21.7. The van der Waals surface area contributed by atoms with E-state index in [0.717, 1.165) is 0 Å². The van der Waals surface area contributed by atoms with Crippen LogP contribution in [0.1, 0.15) is 53.2 Å². The third-order valence-corrected chi connectivity index (χ3v) is 5.91. The average molecular weight is 995 g/mol. The quantitative estimate of drug-likeness (QED) is 0.0781. The van der Waals surface area contributed by atoms with Gasteiger partial charge in [-0.25, -0.2) is 0 Å². The maximum Gasteiger partial charge on any atom is 1.00 e. The third-order valence-electron chi connectivity index (χ3n) is 1.97. The van der Waals surface area contributed by atoms with Crippen LogP contribution >= 0.6 is 45.4 Å². The van der Waals surface area contributed by atoms with Crippen LogP contribution in [0.25, 0.3) is 0 Å². The van der Waals surface area contributed by atoms with Crippen LogP contribution in [0.5, 0.6) is 0 Å². The van der Waals surface area contributed by atoms with Crippen LogP contribution in [-0.4, -0.2) is 92.1 Å². The first-order valence-electron chi connectivity index (χ1n) is 11.2. The van der Waals surface area contributed by atoms with Gasteiger partial charge in [-0.1, -0.05) is 26.3 Å². The van der Waals surface area contributed by atoms with Crippen LogP contribution in [-0.2, 0) is 27.1 Å². The fraction of sp³-hybridized carbons (Fsp3) is 0.684. The smallest absolute Gasteiger partial charge is 1.00 e. The van der Waals surface area contributed by atoms with Gasteiger partial charge in [-0.3, -0.25) is 0 Å². The zero-order valence-electron chi connectivity index (χ0n) is 36.6. The maximum absolute atomic E-state index is 10.0. The standard InChI is InChI=1S/3C3H8O3P.3C3H7O3P.CH4.3K.3H3N.3Na.3H/c6*1-3-6-7(2,4)5;;;;;;;;;;;;;/h3*2-3H2,1H3,(H-,4,5);3*2-3H2,1H3;1H4;;;;3*1H3;;;;;;/q3*-1;3*-2;;3*+1;;;;3*+1;3*-1/p+3. The van der Waals surface area contributed by atoms with Gasteiger partial charge in [0.2, 0.25) is 0 Å². The molecule has 0 spiro atoms. The number of quaternary nitrogens is 3. The summed E-state index contributed by atoms with van der Waals surface area (Å²) in [5, 5.41) is 0. The Kier molecular flexibility index (Phi) is 134.